The van der Waals surface area contributed by atoms with Gasteiger partial charge in [-0.1, -0.05) is 101 Å². The number of allylic oxidation sites excluding steroid dienone is 7. The van der Waals surface area contributed by atoms with Crippen molar-refractivity contribution >= 4 is 81.8 Å². The molecule has 15 atom stereocenters. The van der Waals surface area contributed by atoms with Crippen molar-refractivity contribution in [3.63, 3.8) is 0 Å². The fourth-order valence-corrected chi connectivity index (χ4v) is 19.9. The number of cyclic esters (lactones) is 1. The van der Waals surface area contributed by atoms with Crippen molar-refractivity contribution in [3.05, 3.63) is 154 Å². The van der Waals surface area contributed by atoms with Crippen LogP contribution in [0.2, 0.25) is 0 Å². The third-order valence-corrected chi connectivity index (χ3v) is 28.2. The van der Waals surface area contributed by atoms with E-state index in [-0.39, 0.29) is 80.5 Å². The van der Waals surface area contributed by atoms with Gasteiger partial charge in [-0.15, -0.1) is 0 Å². The number of amides is 3. The summed E-state index contributed by atoms with van der Waals surface area (Å²) >= 11 is 0. The van der Waals surface area contributed by atoms with Crippen LogP contribution in [0, 0.1) is 35.5 Å². The van der Waals surface area contributed by atoms with Crippen LogP contribution in [0.3, 0.4) is 0 Å². The summed E-state index contributed by atoms with van der Waals surface area (Å²) in [7, 11) is 4.52. The molecule has 1 aromatic carbocycles. The summed E-state index contributed by atoms with van der Waals surface area (Å²) in [6, 6.07) is 7.24. The molecule has 135 heavy (non-hydrogen) atoms. The topological polar surface area (TPSA) is 404 Å². The second kappa shape index (κ2) is 46.8. The van der Waals surface area contributed by atoms with Crippen LogP contribution in [0.1, 0.15) is 182 Å². The van der Waals surface area contributed by atoms with E-state index >= 15 is 0 Å². The number of Topliss-reactive ketones (excluding diaryl/α,β-unsaturated/α-hetero) is 3. The molecule has 34 nitrogen and oxygen atoms in total. The number of ether oxygens (including phenoxy) is 8. The number of methoxy groups -OCH3 is 3. The summed E-state index contributed by atoms with van der Waals surface area (Å²) < 4.78 is 50.0. The Morgan fingerprint density at radius 3 is 2.19 bits per heavy atom. The van der Waals surface area contributed by atoms with Crippen LogP contribution in [0.15, 0.2) is 115 Å². The molecule has 6 aliphatic heterocycles. The standard InChI is InChI=1S/C101H134N16O18/c1-63-17-12-11-13-18-64(2)83(128-8)53-78-27-22-69(7)101(127,135-78)93(123)97(125)116-32-15-14-21-80(116)98(126)134-84(54-81(118)65(3)48-68(6)91(122)92(130-10)90(121)67(5)47-63)66(4)49-70-24-28-82(85(51-70)129-9)133-87(120)29-25-72-55-104-99(105-56-72)114-40-38-112(39-41-114)86(119)31-43-131-45-46-132-44-42-111-34-36-113(37-35-111)100-106-58-77(59-107-100)96(124)115-33-30-73-50-71(23-26-75(73)61-115)60-117-95-88(94(102)108-62-109-95)89(110-117)76-52-74-19-16-20-79(74)103-57-76/h11-13,16-19,23,26,48,50,52,55-59,62-63,65-67,69-70,78,80,82-85,91-92,122,127H,14-15,20-22,24-25,27-47,49,51,53-54,60-61H2,1-10H3,(H2,102,108,109)/b13-11+,17-12+,64-18+,68-48+/t63-,65-,66-,67-,69-,70+,78+,80+,82-,83+,84+,85-,91-,92+,101-/m1/s1. The van der Waals surface area contributed by atoms with Crippen molar-refractivity contribution in [2.45, 2.75) is 225 Å². The number of aliphatic hydroxyl groups is 2. The largest absolute Gasteiger partial charge is 0.460 e. The summed E-state index contributed by atoms with van der Waals surface area (Å²) in [6.07, 6.45) is 26.3. The van der Waals surface area contributed by atoms with Gasteiger partial charge in [0.25, 0.3) is 17.6 Å². The lowest BCUT2D eigenvalue weighted by molar-refractivity contribution is -0.265. The molecule has 34 heteroatoms. The van der Waals surface area contributed by atoms with Gasteiger partial charge in [-0.3, -0.25) is 43.4 Å². The van der Waals surface area contributed by atoms with E-state index in [9.17, 15) is 48.6 Å². The van der Waals surface area contributed by atoms with Crippen molar-refractivity contribution < 1.29 is 86.5 Å². The van der Waals surface area contributed by atoms with E-state index in [1.54, 1.807) is 72.8 Å². The number of benzene rings is 1. The molecular formula is C101H134N16O18. The first kappa shape index (κ1) is 100. The summed E-state index contributed by atoms with van der Waals surface area (Å²) in [6.45, 7) is 21.7. The molecule has 14 rings (SSSR count). The van der Waals surface area contributed by atoms with Crippen molar-refractivity contribution in [2.24, 2.45) is 35.5 Å². The quantitative estimate of drug-likeness (QED) is 0.0208. The Morgan fingerprint density at radius 2 is 1.44 bits per heavy atom. The van der Waals surface area contributed by atoms with Crippen molar-refractivity contribution in [3.8, 4) is 11.3 Å². The Kier molecular flexibility index (Phi) is 34.7. The fraction of sp³-hybridized carbons (Fsp3) is 0.584. The number of ketones is 3. The Labute approximate surface area is 790 Å². The molecule has 3 amide bonds. The lowest BCUT2D eigenvalue weighted by atomic mass is 9.78. The molecule has 2 aliphatic carbocycles. The van der Waals surface area contributed by atoms with E-state index in [0.717, 1.165) is 78.2 Å². The molecule has 1 saturated carbocycles. The number of carbonyl (C=O) groups excluding carboxylic acids is 8. The number of hydrogen-bond acceptors (Lipinski definition) is 30. The smallest absolute Gasteiger partial charge is 0.329 e. The lowest BCUT2D eigenvalue weighted by Gasteiger charge is -2.42. The minimum Gasteiger partial charge on any atom is -0.460 e. The van der Waals surface area contributed by atoms with Crippen LogP contribution in [0.4, 0.5) is 17.7 Å². The minimum atomic E-state index is -2.49. The van der Waals surface area contributed by atoms with Crippen LogP contribution in [-0.2, 0) is 104 Å². The van der Waals surface area contributed by atoms with E-state index in [2.05, 4.69) is 81.1 Å². The Hall–Kier alpha value is -10.8. The average Bonchev–Trinajstić information content (AvgIpc) is 1.57. The van der Waals surface area contributed by atoms with Gasteiger partial charge >= 0.3 is 11.9 Å². The van der Waals surface area contributed by atoms with Gasteiger partial charge in [-0.25, -0.2) is 39.4 Å². The molecule has 8 aliphatic rings. The molecule has 0 spiro atoms. The maximum Gasteiger partial charge on any atom is 0.329 e. The number of pyridine rings is 1. The van der Waals surface area contributed by atoms with Gasteiger partial charge in [0.2, 0.25) is 23.6 Å². The molecule has 726 valence electrons. The van der Waals surface area contributed by atoms with Crippen LogP contribution in [-0.4, -0.2) is 296 Å². The van der Waals surface area contributed by atoms with E-state index in [0.29, 0.717) is 182 Å². The number of anilines is 3. The first-order valence-electron chi connectivity index (χ1n) is 48.1. The second-order valence-electron chi connectivity index (χ2n) is 37.8. The Balaban J connectivity index is 0.481. The molecule has 5 fully saturated rings. The number of nitrogen functional groups attached to an aromatic ring is 1. The number of aromatic nitrogens is 9. The van der Waals surface area contributed by atoms with Crippen LogP contribution in [0.25, 0.3) is 28.4 Å². The van der Waals surface area contributed by atoms with Gasteiger partial charge in [-0.2, -0.15) is 5.10 Å². The zero-order chi connectivity index (χ0) is 95.6. The molecule has 4 saturated heterocycles. The number of piperidine rings is 1. The Morgan fingerprint density at radius 1 is 0.704 bits per heavy atom. The van der Waals surface area contributed by atoms with Gasteiger partial charge in [-0.05, 0) is 154 Å². The van der Waals surface area contributed by atoms with Crippen molar-refractivity contribution in [1.82, 2.24) is 64.3 Å². The van der Waals surface area contributed by atoms with Gasteiger partial charge in [0.05, 0.1) is 74.3 Å². The number of esters is 2. The number of rotatable bonds is 25. The SMILES string of the molecule is CO[C@H]1C[C@@H]2CC[C@@H](C)[C@@](O)(O2)C(=O)C(=O)N2CCCC[C@H]2C(=O)O[C@H]([C@H](C)C[C@@H]2CC[C@@H](OC(=O)CCc3cnc(N4CCN(C(=O)CCOCCOCCN5CCN(c6ncc(C(=O)N7CCc8cc(Cn9nc(-c%10cnc%11c(c%10)C=CC%11)c%10c(N)ncnc%109)ccc8C7)cn6)CC5)CC4)nc3)[C@H](OC)C2)CC(=O)[C@H](C)/C=C(\C)[C@@H](O)[C@@H](OC)C(=O)[C@H](C)C[C@H](C)/C=C/C=C/C=C/1C. The monoisotopic (exact) mass is 1860 g/mol. The minimum absolute atomic E-state index is 0.00927. The summed E-state index contributed by atoms with van der Waals surface area (Å²) in [5, 5.41) is 29.6. The van der Waals surface area contributed by atoms with E-state index in [4.69, 9.17) is 48.7 Å². The number of aryl methyl sites for hydroxylation is 1. The predicted molar refractivity (Wildman–Crippen MR) is 505 cm³/mol. The molecule has 0 radical (unpaired) electrons. The van der Waals surface area contributed by atoms with Gasteiger partial charge < -0.3 is 78.3 Å². The fourth-order valence-electron chi connectivity index (χ4n) is 19.9. The van der Waals surface area contributed by atoms with E-state index in [1.807, 2.05) is 76.7 Å². The van der Waals surface area contributed by atoms with Gasteiger partial charge in [0, 0.05) is 180 Å². The summed E-state index contributed by atoms with van der Waals surface area (Å²) in [5.74, 6) is -7.70. The third kappa shape index (κ3) is 25.2. The summed E-state index contributed by atoms with van der Waals surface area (Å²) in [5.41, 5.74) is 16.5. The lowest BCUT2D eigenvalue weighted by Crippen LogP contribution is -2.61. The zero-order valence-electron chi connectivity index (χ0n) is 79.7. The van der Waals surface area contributed by atoms with Crippen LogP contribution < -0.4 is 15.5 Å². The highest BCUT2D eigenvalue weighted by Crippen LogP contribution is 2.40. The average molecular weight is 1860 g/mol. The Bertz CT molecular complexity index is 5300. The first-order valence-corrected chi connectivity index (χ1v) is 48.1. The highest BCUT2D eigenvalue weighted by atomic mass is 16.6. The number of nitrogens with zero attached hydrogens (tertiary/aromatic N) is 15. The maximum atomic E-state index is 14.8. The van der Waals surface area contributed by atoms with Crippen LogP contribution >= 0.6 is 0 Å². The highest BCUT2D eigenvalue weighted by molar-refractivity contribution is 6.39. The number of aliphatic hydroxyl groups excluding tert-OH is 1. The third-order valence-electron chi connectivity index (χ3n) is 28.2. The zero-order valence-corrected chi connectivity index (χ0v) is 79.7. The molecule has 6 aromatic rings. The maximum absolute atomic E-state index is 14.8. The van der Waals surface area contributed by atoms with Crippen molar-refractivity contribution in [1.29, 1.82) is 0 Å². The molecule has 4 N–H and O–H groups in total. The molecule has 0 unspecified atom stereocenters. The van der Waals surface area contributed by atoms with Gasteiger partial charge in [0.15, 0.2) is 11.4 Å². The molecular weight excluding hydrogens is 1730 g/mol. The molecule has 11 heterocycles. The summed E-state index contributed by atoms with van der Waals surface area (Å²) in [4.78, 5) is 157. The van der Waals surface area contributed by atoms with Crippen molar-refractivity contribution in [2.75, 3.05) is 135 Å². The van der Waals surface area contributed by atoms with E-state index < -0.39 is 102 Å². The second-order valence-corrected chi connectivity index (χ2v) is 37.8. The van der Waals surface area contributed by atoms with Gasteiger partial charge in [0.1, 0.15) is 54.1 Å². The molecule has 5 aromatic heterocycles. The number of hydrogen-bond donors (Lipinski definition) is 3. The number of carbonyl (C=O) groups is 8. The first-order chi connectivity index (χ1) is 65.1. The highest BCUT2D eigenvalue weighted by Gasteiger charge is 2.54. The predicted octanol–water partition coefficient (Wildman–Crippen LogP) is 9.44. The normalized spacial score (nSPS) is 27.8. The number of nitrogens with two attached hydrogens (primary N) is 1. The van der Waals surface area contributed by atoms with Crippen LogP contribution in [0.5, 0.6) is 0 Å². The van der Waals surface area contributed by atoms with E-state index in [1.165, 1.54) is 23.9 Å². The molecule has 2 bridgehead atoms. The number of fused-ring (bicyclic) bond motifs is 6. The number of piperazine rings is 2.